The van der Waals surface area contributed by atoms with Gasteiger partial charge in [0.2, 0.25) is 0 Å². The summed E-state index contributed by atoms with van der Waals surface area (Å²) in [5, 5.41) is 0. The Kier molecular flexibility index (Phi) is 4.37. The van der Waals surface area contributed by atoms with Crippen molar-refractivity contribution >= 4 is 17.7 Å². The second-order valence-corrected chi connectivity index (χ2v) is 3.81. The molecule has 1 aromatic rings. The maximum Gasteiger partial charge on any atom is 0.344 e. The molecule has 15 heavy (non-hydrogen) atoms. The van der Waals surface area contributed by atoms with Crippen molar-refractivity contribution < 1.29 is 13.9 Å². The Morgan fingerprint density at radius 2 is 2.20 bits per heavy atom. The highest BCUT2D eigenvalue weighted by Gasteiger charge is 2.11. The number of hydrogen-bond acceptors (Lipinski definition) is 3. The third-order valence-electron chi connectivity index (χ3n) is 1.57. The molecule has 0 amide bonds. The molecule has 0 heterocycles. The zero-order valence-corrected chi connectivity index (χ0v) is 9.14. The van der Waals surface area contributed by atoms with Crippen LogP contribution in [0.15, 0.2) is 40.6 Å². The Hall–Kier alpha value is -1.29. The second kappa shape index (κ2) is 5.56. The summed E-state index contributed by atoms with van der Waals surface area (Å²) in [6.07, 6.45) is 0. The molecule has 0 radical (unpaired) electrons. The predicted molar refractivity (Wildman–Crippen MR) is 58.0 cm³/mol. The van der Waals surface area contributed by atoms with Crippen molar-refractivity contribution in [1.29, 1.82) is 0 Å². The molecule has 0 atom stereocenters. The van der Waals surface area contributed by atoms with E-state index in [1.54, 1.807) is 25.1 Å². The molecule has 0 bridgehead atoms. The van der Waals surface area contributed by atoms with Gasteiger partial charge in [0.15, 0.2) is 0 Å². The summed E-state index contributed by atoms with van der Waals surface area (Å²) in [5.74, 6) is -0.876. The summed E-state index contributed by atoms with van der Waals surface area (Å²) >= 11 is 0.974. The zero-order chi connectivity index (χ0) is 11.3. The maximum atomic E-state index is 13.2. The number of hydrogen-bond donors (Lipinski definition) is 0. The largest absolute Gasteiger partial charge is 0.462 e. The monoisotopic (exact) mass is 226 g/mol. The molecule has 0 spiro atoms. The summed E-state index contributed by atoms with van der Waals surface area (Å²) in [4.78, 5) is 11.7. The fourth-order valence-corrected chi connectivity index (χ4v) is 1.63. The van der Waals surface area contributed by atoms with Gasteiger partial charge in [-0.1, -0.05) is 30.5 Å². The van der Waals surface area contributed by atoms with E-state index in [2.05, 4.69) is 6.58 Å². The molecule has 4 heteroatoms. The Balaban J connectivity index is 2.67. The second-order valence-electron chi connectivity index (χ2n) is 2.68. The summed E-state index contributed by atoms with van der Waals surface area (Å²) in [5.41, 5.74) is 0. The van der Waals surface area contributed by atoms with Crippen molar-refractivity contribution in [3.05, 3.63) is 41.6 Å². The number of halogens is 1. The van der Waals surface area contributed by atoms with E-state index in [-0.39, 0.29) is 17.3 Å². The summed E-state index contributed by atoms with van der Waals surface area (Å²) < 4.78 is 17.9. The summed E-state index contributed by atoms with van der Waals surface area (Å²) in [6, 6.07) is 6.21. The van der Waals surface area contributed by atoms with E-state index in [0.29, 0.717) is 4.90 Å². The minimum absolute atomic E-state index is 0.182. The van der Waals surface area contributed by atoms with Crippen molar-refractivity contribution in [3.63, 3.8) is 0 Å². The van der Waals surface area contributed by atoms with E-state index < -0.39 is 5.97 Å². The standard InChI is InChI=1S/C11H11FO2S/c1-3-14-11(13)8(2)15-10-7-5-4-6-9(10)12/h4-7H,2-3H2,1H3. The molecule has 0 aliphatic rings. The van der Waals surface area contributed by atoms with Crippen molar-refractivity contribution in [2.75, 3.05) is 6.61 Å². The molecular formula is C11H11FO2S. The van der Waals surface area contributed by atoms with E-state index in [1.807, 2.05) is 0 Å². The van der Waals surface area contributed by atoms with E-state index in [9.17, 15) is 9.18 Å². The molecule has 0 aromatic heterocycles. The van der Waals surface area contributed by atoms with Crippen LogP contribution in [0.5, 0.6) is 0 Å². The first kappa shape index (κ1) is 11.8. The average Bonchev–Trinajstić information content (AvgIpc) is 2.21. The quantitative estimate of drug-likeness (QED) is 0.448. The van der Waals surface area contributed by atoms with Gasteiger partial charge in [-0.3, -0.25) is 0 Å². The zero-order valence-electron chi connectivity index (χ0n) is 8.33. The topological polar surface area (TPSA) is 26.3 Å². The van der Waals surface area contributed by atoms with Crippen molar-refractivity contribution in [1.82, 2.24) is 0 Å². The minimum Gasteiger partial charge on any atom is -0.462 e. The van der Waals surface area contributed by atoms with Gasteiger partial charge in [-0.25, -0.2) is 9.18 Å². The van der Waals surface area contributed by atoms with Gasteiger partial charge in [0.1, 0.15) is 5.82 Å². The number of carbonyl (C=O) groups excluding carboxylic acids is 1. The first-order valence-corrected chi connectivity index (χ1v) is 5.25. The van der Waals surface area contributed by atoms with Crippen LogP contribution in [-0.4, -0.2) is 12.6 Å². The van der Waals surface area contributed by atoms with Gasteiger partial charge >= 0.3 is 5.97 Å². The molecule has 0 N–H and O–H groups in total. The number of ether oxygens (including phenoxy) is 1. The van der Waals surface area contributed by atoms with E-state index >= 15 is 0 Å². The van der Waals surface area contributed by atoms with E-state index in [0.717, 1.165) is 11.8 Å². The van der Waals surface area contributed by atoms with Crippen LogP contribution in [0.2, 0.25) is 0 Å². The third-order valence-corrected chi connectivity index (χ3v) is 2.54. The van der Waals surface area contributed by atoms with Crippen LogP contribution in [0, 0.1) is 5.82 Å². The lowest BCUT2D eigenvalue weighted by Crippen LogP contribution is -2.04. The Morgan fingerprint density at radius 3 is 2.80 bits per heavy atom. The van der Waals surface area contributed by atoms with Crippen LogP contribution in [0.3, 0.4) is 0 Å². The fraction of sp³-hybridized carbons (Fsp3) is 0.182. The summed E-state index contributed by atoms with van der Waals surface area (Å²) in [6.45, 7) is 5.53. The predicted octanol–water partition coefficient (Wildman–Crippen LogP) is 2.99. The van der Waals surface area contributed by atoms with Gasteiger partial charge in [-0.05, 0) is 19.1 Å². The molecule has 0 saturated carbocycles. The van der Waals surface area contributed by atoms with Gasteiger partial charge in [0, 0.05) is 4.90 Å². The Bertz CT molecular complexity index is 377. The lowest BCUT2D eigenvalue weighted by Gasteiger charge is -2.05. The van der Waals surface area contributed by atoms with Crippen molar-refractivity contribution in [3.8, 4) is 0 Å². The molecule has 0 aliphatic carbocycles. The first-order valence-electron chi connectivity index (χ1n) is 4.43. The van der Waals surface area contributed by atoms with Gasteiger partial charge in [0.05, 0.1) is 11.5 Å². The van der Waals surface area contributed by atoms with E-state index in [4.69, 9.17) is 4.74 Å². The molecule has 0 aliphatic heterocycles. The number of thioether (sulfide) groups is 1. The molecule has 80 valence electrons. The van der Waals surface area contributed by atoms with Gasteiger partial charge < -0.3 is 4.74 Å². The number of rotatable bonds is 4. The summed E-state index contributed by atoms with van der Waals surface area (Å²) in [7, 11) is 0. The van der Waals surface area contributed by atoms with Crippen LogP contribution in [0.4, 0.5) is 4.39 Å². The molecule has 0 fully saturated rings. The highest BCUT2D eigenvalue weighted by atomic mass is 32.2. The normalized spacial score (nSPS) is 9.73. The van der Waals surface area contributed by atoms with Gasteiger partial charge in [-0.2, -0.15) is 0 Å². The molecule has 0 saturated heterocycles. The van der Waals surface area contributed by atoms with Crippen molar-refractivity contribution in [2.45, 2.75) is 11.8 Å². The molecule has 2 nitrogen and oxygen atoms in total. The molecule has 1 aromatic carbocycles. The van der Waals surface area contributed by atoms with Crippen LogP contribution in [0.1, 0.15) is 6.92 Å². The van der Waals surface area contributed by atoms with Crippen LogP contribution in [-0.2, 0) is 9.53 Å². The maximum absolute atomic E-state index is 13.2. The Morgan fingerprint density at radius 1 is 1.53 bits per heavy atom. The minimum atomic E-state index is -0.509. The highest BCUT2D eigenvalue weighted by molar-refractivity contribution is 8.04. The lowest BCUT2D eigenvalue weighted by molar-refractivity contribution is -0.137. The van der Waals surface area contributed by atoms with Gasteiger partial charge in [0.25, 0.3) is 0 Å². The molecule has 1 rings (SSSR count). The number of carbonyl (C=O) groups is 1. The number of benzene rings is 1. The SMILES string of the molecule is C=C(Sc1ccccc1F)C(=O)OCC. The highest BCUT2D eigenvalue weighted by Crippen LogP contribution is 2.28. The first-order chi connectivity index (χ1) is 7.15. The Labute approximate surface area is 92.1 Å². The van der Waals surface area contributed by atoms with Crippen molar-refractivity contribution in [2.24, 2.45) is 0 Å². The fourth-order valence-electron chi connectivity index (χ4n) is 0.913. The average molecular weight is 226 g/mol. The molecule has 0 unspecified atom stereocenters. The third kappa shape index (κ3) is 3.40. The van der Waals surface area contributed by atoms with Gasteiger partial charge in [-0.15, -0.1) is 0 Å². The smallest absolute Gasteiger partial charge is 0.344 e. The van der Waals surface area contributed by atoms with E-state index in [1.165, 1.54) is 6.07 Å². The molecular weight excluding hydrogens is 215 g/mol. The van der Waals surface area contributed by atoms with Crippen LogP contribution >= 0.6 is 11.8 Å². The van der Waals surface area contributed by atoms with Crippen LogP contribution < -0.4 is 0 Å². The lowest BCUT2D eigenvalue weighted by atomic mass is 10.3. The number of esters is 1. The van der Waals surface area contributed by atoms with Crippen LogP contribution in [0.25, 0.3) is 0 Å².